The molecule has 0 N–H and O–H groups in total. The molecule has 1 aliphatic heterocycles. The van der Waals surface area contributed by atoms with Crippen LogP contribution < -0.4 is 0 Å². The van der Waals surface area contributed by atoms with Gasteiger partial charge >= 0.3 is 0 Å². The molecule has 24 heavy (non-hydrogen) atoms. The van der Waals surface area contributed by atoms with Gasteiger partial charge in [0, 0.05) is 37.8 Å². The maximum Gasteiger partial charge on any atom is 0.244 e. The molecule has 0 saturated carbocycles. The van der Waals surface area contributed by atoms with Crippen LogP contribution in [0, 0.1) is 5.92 Å². The minimum atomic E-state index is -3.49. The highest BCUT2D eigenvalue weighted by Crippen LogP contribution is 2.32. The van der Waals surface area contributed by atoms with Gasteiger partial charge in [0.2, 0.25) is 10.0 Å². The normalized spacial score (nSPS) is 19.7. The fourth-order valence-electron chi connectivity index (χ4n) is 2.87. The molecule has 130 valence electrons. The lowest BCUT2D eigenvalue weighted by molar-refractivity contribution is 0.314. The first kappa shape index (κ1) is 17.4. The summed E-state index contributed by atoms with van der Waals surface area (Å²) >= 11 is 1.62. The van der Waals surface area contributed by atoms with Crippen LogP contribution in [0.3, 0.4) is 0 Å². The Bertz CT molecular complexity index is 774. The molecule has 0 radical (unpaired) electrons. The Hall–Kier alpha value is -1.38. The molecular weight excluding hydrogens is 344 g/mol. The van der Waals surface area contributed by atoms with Crippen molar-refractivity contribution < 1.29 is 8.42 Å². The third-order valence-electron chi connectivity index (χ3n) is 4.07. The summed E-state index contributed by atoms with van der Waals surface area (Å²) in [4.78, 5) is 4.18. The van der Waals surface area contributed by atoms with Gasteiger partial charge in [-0.15, -0.1) is 21.5 Å². The van der Waals surface area contributed by atoms with Crippen molar-refractivity contribution in [1.29, 1.82) is 0 Å². The Morgan fingerprint density at radius 2 is 2.21 bits per heavy atom. The van der Waals surface area contributed by atoms with Gasteiger partial charge < -0.3 is 0 Å². The van der Waals surface area contributed by atoms with Gasteiger partial charge in [0.1, 0.15) is 14.9 Å². The zero-order valence-corrected chi connectivity index (χ0v) is 15.6. The average Bonchev–Trinajstić information content (AvgIpc) is 3.03. The molecule has 1 unspecified atom stereocenters. The molecule has 0 aliphatic carbocycles. The molecule has 6 nitrogen and oxygen atoms in total. The minimum absolute atomic E-state index is 0.128. The first-order valence-corrected chi connectivity index (χ1v) is 10.4. The van der Waals surface area contributed by atoms with E-state index in [2.05, 4.69) is 29.0 Å². The summed E-state index contributed by atoms with van der Waals surface area (Å²) in [5, 5.41) is 10.6. The van der Waals surface area contributed by atoms with Crippen molar-refractivity contribution in [3.05, 3.63) is 34.5 Å². The number of aromatic nitrogens is 3. The van der Waals surface area contributed by atoms with Crippen LogP contribution in [0.1, 0.15) is 42.6 Å². The fourth-order valence-corrected chi connectivity index (χ4v) is 5.54. The maximum atomic E-state index is 12.8. The van der Waals surface area contributed by atoms with Crippen molar-refractivity contribution >= 4 is 21.4 Å². The van der Waals surface area contributed by atoms with E-state index >= 15 is 0 Å². The lowest BCUT2D eigenvalue weighted by Crippen LogP contribution is -2.39. The van der Waals surface area contributed by atoms with Crippen molar-refractivity contribution in [3.8, 4) is 0 Å². The zero-order chi connectivity index (χ0) is 17.2. The SMILES string of the molecule is CC(C)Cc1nnc(C2CCCN(S(=O)(=O)c3cccnc3)C2)s1. The number of piperidine rings is 1. The molecule has 3 heterocycles. The molecule has 0 bridgehead atoms. The number of pyridine rings is 1. The topological polar surface area (TPSA) is 76.1 Å². The summed E-state index contributed by atoms with van der Waals surface area (Å²) in [7, 11) is -3.49. The predicted molar refractivity (Wildman–Crippen MR) is 93.4 cm³/mol. The second-order valence-corrected chi connectivity index (χ2v) is 9.55. The van der Waals surface area contributed by atoms with Gasteiger partial charge in [-0.05, 0) is 30.9 Å². The zero-order valence-electron chi connectivity index (χ0n) is 13.9. The minimum Gasteiger partial charge on any atom is -0.263 e. The van der Waals surface area contributed by atoms with Crippen molar-refractivity contribution in [1.82, 2.24) is 19.5 Å². The maximum absolute atomic E-state index is 12.8. The van der Waals surface area contributed by atoms with Crippen molar-refractivity contribution in [3.63, 3.8) is 0 Å². The molecule has 1 atom stereocenters. The molecule has 1 saturated heterocycles. The van der Waals surface area contributed by atoms with Crippen LogP contribution in [0.25, 0.3) is 0 Å². The molecule has 1 aliphatic rings. The van der Waals surface area contributed by atoms with Crippen LogP contribution >= 0.6 is 11.3 Å². The largest absolute Gasteiger partial charge is 0.263 e. The molecule has 0 spiro atoms. The lowest BCUT2D eigenvalue weighted by atomic mass is 10.0. The van der Waals surface area contributed by atoms with Gasteiger partial charge in [0.05, 0.1) is 0 Å². The highest BCUT2D eigenvalue weighted by Gasteiger charge is 2.32. The molecule has 1 fully saturated rings. The summed E-state index contributed by atoms with van der Waals surface area (Å²) in [5.41, 5.74) is 0. The summed E-state index contributed by atoms with van der Waals surface area (Å²) in [6.07, 6.45) is 5.70. The Balaban J connectivity index is 1.76. The molecule has 0 aromatic carbocycles. The van der Waals surface area contributed by atoms with Crippen LogP contribution in [-0.4, -0.2) is 41.0 Å². The number of nitrogens with zero attached hydrogens (tertiary/aromatic N) is 4. The number of rotatable bonds is 5. The van der Waals surface area contributed by atoms with Crippen molar-refractivity contribution in [2.24, 2.45) is 5.92 Å². The molecular formula is C16H22N4O2S2. The van der Waals surface area contributed by atoms with Gasteiger partial charge in [-0.1, -0.05) is 13.8 Å². The van der Waals surface area contributed by atoms with Crippen LogP contribution in [-0.2, 0) is 16.4 Å². The van der Waals surface area contributed by atoms with Gasteiger partial charge in [-0.3, -0.25) is 4.98 Å². The third kappa shape index (κ3) is 3.81. The predicted octanol–water partition coefficient (Wildman–Crippen LogP) is 2.70. The lowest BCUT2D eigenvalue weighted by Gasteiger charge is -2.30. The van der Waals surface area contributed by atoms with Crippen LogP contribution in [0.5, 0.6) is 0 Å². The van der Waals surface area contributed by atoms with Crippen LogP contribution in [0.4, 0.5) is 0 Å². The van der Waals surface area contributed by atoms with E-state index in [1.807, 2.05) is 0 Å². The third-order valence-corrected chi connectivity index (χ3v) is 7.03. The molecule has 3 rings (SSSR count). The molecule has 0 amide bonds. The van der Waals surface area contributed by atoms with E-state index in [9.17, 15) is 8.42 Å². The van der Waals surface area contributed by atoms with E-state index in [4.69, 9.17) is 0 Å². The Morgan fingerprint density at radius 1 is 1.38 bits per heavy atom. The highest BCUT2D eigenvalue weighted by molar-refractivity contribution is 7.89. The number of hydrogen-bond acceptors (Lipinski definition) is 6. The van der Waals surface area contributed by atoms with Gasteiger partial charge in [0.15, 0.2) is 0 Å². The Labute approximate surface area is 147 Å². The average molecular weight is 367 g/mol. The van der Waals surface area contributed by atoms with E-state index in [1.54, 1.807) is 34.0 Å². The molecule has 2 aromatic rings. The van der Waals surface area contributed by atoms with E-state index in [0.717, 1.165) is 29.3 Å². The summed E-state index contributed by atoms with van der Waals surface area (Å²) in [5.74, 6) is 0.670. The first-order chi connectivity index (χ1) is 11.5. The van der Waals surface area contributed by atoms with Gasteiger partial charge in [0.25, 0.3) is 0 Å². The smallest absolute Gasteiger partial charge is 0.244 e. The van der Waals surface area contributed by atoms with Crippen LogP contribution in [0.15, 0.2) is 29.4 Å². The monoisotopic (exact) mass is 366 g/mol. The summed E-state index contributed by atoms with van der Waals surface area (Å²) in [6, 6.07) is 3.24. The first-order valence-electron chi connectivity index (χ1n) is 8.19. The van der Waals surface area contributed by atoms with Gasteiger partial charge in [-0.25, -0.2) is 8.42 Å². The Kier molecular flexibility index (Phi) is 5.27. The fraction of sp³-hybridized carbons (Fsp3) is 0.562. The quantitative estimate of drug-likeness (QED) is 0.813. The molecule has 8 heteroatoms. The van der Waals surface area contributed by atoms with Gasteiger partial charge in [-0.2, -0.15) is 4.31 Å². The Morgan fingerprint density at radius 3 is 2.92 bits per heavy atom. The number of sulfonamides is 1. The van der Waals surface area contributed by atoms with Crippen molar-refractivity contribution in [2.75, 3.05) is 13.1 Å². The van der Waals surface area contributed by atoms with E-state index in [0.29, 0.717) is 19.0 Å². The van der Waals surface area contributed by atoms with Crippen LogP contribution in [0.2, 0.25) is 0 Å². The summed E-state index contributed by atoms with van der Waals surface area (Å²) < 4.78 is 27.1. The van der Waals surface area contributed by atoms with E-state index in [-0.39, 0.29) is 10.8 Å². The number of hydrogen-bond donors (Lipinski definition) is 0. The van der Waals surface area contributed by atoms with E-state index < -0.39 is 10.0 Å². The van der Waals surface area contributed by atoms with E-state index in [1.165, 1.54) is 6.20 Å². The molecule has 2 aromatic heterocycles. The highest BCUT2D eigenvalue weighted by atomic mass is 32.2. The second-order valence-electron chi connectivity index (χ2n) is 6.52. The van der Waals surface area contributed by atoms with Crippen molar-refractivity contribution in [2.45, 2.75) is 43.9 Å². The standard InChI is InChI=1S/C16H22N4O2S2/c1-12(2)9-15-18-19-16(23-15)13-5-4-8-20(11-13)24(21,22)14-6-3-7-17-10-14/h3,6-7,10,12-13H,4-5,8-9,11H2,1-2H3. The second kappa shape index (κ2) is 7.25. The summed E-state index contributed by atoms with van der Waals surface area (Å²) in [6.45, 7) is 5.33.